The highest BCUT2D eigenvalue weighted by molar-refractivity contribution is 6.40. The number of hydrogen-bond acceptors (Lipinski definition) is 8. The first-order chi connectivity index (χ1) is 26.4. The van der Waals surface area contributed by atoms with Crippen LogP contribution in [0.25, 0.3) is 11.1 Å². The summed E-state index contributed by atoms with van der Waals surface area (Å²) in [7, 11) is 3.69. The fourth-order valence-corrected chi connectivity index (χ4v) is 8.93. The van der Waals surface area contributed by atoms with Crippen molar-refractivity contribution in [1.82, 2.24) is 28.9 Å². The van der Waals surface area contributed by atoms with Crippen molar-refractivity contribution in [2.45, 2.75) is 71.1 Å². The first-order valence-electron chi connectivity index (χ1n) is 19.0. The van der Waals surface area contributed by atoms with Crippen LogP contribution in [0.2, 0.25) is 10.0 Å². The number of fused-ring (bicyclic) bond motifs is 2. The van der Waals surface area contributed by atoms with E-state index in [-0.39, 0.29) is 22.7 Å². The predicted molar refractivity (Wildman–Crippen MR) is 212 cm³/mol. The zero-order valence-electron chi connectivity index (χ0n) is 31.4. The van der Waals surface area contributed by atoms with Gasteiger partial charge in [0.15, 0.2) is 11.6 Å². The number of carbonyl (C=O) groups excluding carboxylic acids is 2. The second kappa shape index (κ2) is 16.4. The normalized spacial score (nSPS) is 19.4. The number of carboxylic acid groups (broad SMARTS) is 1. The van der Waals surface area contributed by atoms with Crippen molar-refractivity contribution in [3.63, 3.8) is 0 Å². The summed E-state index contributed by atoms with van der Waals surface area (Å²) in [6.07, 6.45) is 5.53. The number of nitrogens with one attached hydrogen (secondary N) is 2. The number of rotatable bonds is 11. The van der Waals surface area contributed by atoms with E-state index in [1.54, 1.807) is 37.3 Å². The van der Waals surface area contributed by atoms with Gasteiger partial charge in [0.05, 0.1) is 44.8 Å². The molecule has 0 unspecified atom stereocenters. The Balaban J connectivity index is 1.01. The van der Waals surface area contributed by atoms with Gasteiger partial charge in [0.25, 0.3) is 11.8 Å². The SMILES string of the molecule is C[C@H](O)CN1CCc2c(nc(C(=O)Nc3cccc(-c4cccc(NC(=O)c5nc6c(n5C)CCN(CCC5CCC(C(=O)O)CC5)C6)c4Cl)c3Cl)n2C)C1. The predicted octanol–water partition coefficient (Wildman–Crippen LogP) is 6.01. The van der Waals surface area contributed by atoms with E-state index in [0.29, 0.717) is 58.9 Å². The Morgan fingerprint density at radius 2 is 1.29 bits per heavy atom. The number of benzene rings is 2. The number of aromatic nitrogens is 4. The van der Waals surface area contributed by atoms with Gasteiger partial charge in [-0.15, -0.1) is 0 Å². The fraction of sp³-hybridized carbons (Fsp3) is 0.475. The topological polar surface area (TPSA) is 158 Å². The minimum Gasteiger partial charge on any atom is -0.481 e. The number of nitrogens with zero attached hydrogens (tertiary/aromatic N) is 6. The van der Waals surface area contributed by atoms with Crippen LogP contribution in [-0.4, -0.2) is 89.2 Å². The van der Waals surface area contributed by atoms with Crippen molar-refractivity contribution in [3.05, 3.63) is 80.9 Å². The summed E-state index contributed by atoms with van der Waals surface area (Å²) in [5.41, 5.74) is 5.70. The van der Waals surface area contributed by atoms with E-state index in [2.05, 4.69) is 25.4 Å². The number of aliphatic hydroxyl groups is 1. The largest absolute Gasteiger partial charge is 0.481 e. The van der Waals surface area contributed by atoms with Gasteiger partial charge in [0, 0.05) is 82.2 Å². The molecule has 292 valence electrons. The number of β-amino-alcohol motifs (C(OH)–C–C–N with tert-alkyl or cyclic N) is 1. The summed E-state index contributed by atoms with van der Waals surface area (Å²) in [4.78, 5) is 52.5. The van der Waals surface area contributed by atoms with Gasteiger partial charge < -0.3 is 30.0 Å². The Morgan fingerprint density at radius 3 is 1.78 bits per heavy atom. The molecule has 2 aliphatic heterocycles. The number of amides is 2. The van der Waals surface area contributed by atoms with Gasteiger partial charge in [-0.05, 0) is 63.6 Å². The van der Waals surface area contributed by atoms with Crippen LogP contribution < -0.4 is 10.6 Å². The van der Waals surface area contributed by atoms with E-state index < -0.39 is 18.0 Å². The molecular weight excluding hydrogens is 743 g/mol. The van der Waals surface area contributed by atoms with Crippen LogP contribution >= 0.6 is 23.2 Å². The Hall–Kier alpha value is -4.27. The quantitative estimate of drug-likeness (QED) is 0.143. The lowest BCUT2D eigenvalue weighted by atomic mass is 9.80. The molecule has 1 aliphatic carbocycles. The molecular formula is C40H48Cl2N8O5. The average molecular weight is 792 g/mol. The standard InChI is InChI=1S/C40H48Cl2N8O5/c1-23(51)20-50-19-16-33-31(22-50)44-37(48(33)3)39(53)46-29-9-5-7-27(35(29)42)26-6-4-8-28(34(26)41)45-38(52)36-43-30-21-49(18-15-32(30)47(36)2)17-14-24-10-12-25(13-11-24)40(54)55/h4-9,23-25,51H,10-22H2,1-3H3,(H,45,52)(H,46,53)(H,54,55)/t23-,24?,25?/m0/s1. The van der Waals surface area contributed by atoms with Gasteiger partial charge in [-0.25, -0.2) is 9.97 Å². The van der Waals surface area contributed by atoms with Crippen molar-refractivity contribution in [1.29, 1.82) is 0 Å². The molecule has 15 heteroatoms. The maximum atomic E-state index is 13.7. The zero-order chi connectivity index (χ0) is 39.0. The Kier molecular flexibility index (Phi) is 11.7. The fourth-order valence-electron chi connectivity index (χ4n) is 8.38. The average Bonchev–Trinajstić information content (AvgIpc) is 3.67. The number of aliphatic hydroxyl groups excluding tert-OH is 1. The number of imidazole rings is 2. The second-order valence-corrected chi connectivity index (χ2v) is 16.0. The van der Waals surface area contributed by atoms with Gasteiger partial charge in [-0.1, -0.05) is 47.5 Å². The molecule has 2 amide bonds. The van der Waals surface area contributed by atoms with Gasteiger partial charge in [0.2, 0.25) is 0 Å². The van der Waals surface area contributed by atoms with Crippen LogP contribution in [0.5, 0.6) is 0 Å². The first-order valence-corrected chi connectivity index (χ1v) is 19.8. The number of carboxylic acids is 1. The summed E-state index contributed by atoms with van der Waals surface area (Å²) in [5, 5.41) is 25.6. The summed E-state index contributed by atoms with van der Waals surface area (Å²) < 4.78 is 3.68. The highest BCUT2D eigenvalue weighted by Gasteiger charge is 2.30. The second-order valence-electron chi connectivity index (χ2n) is 15.2. The van der Waals surface area contributed by atoms with Crippen molar-refractivity contribution in [3.8, 4) is 11.1 Å². The molecule has 3 aliphatic rings. The molecule has 7 rings (SSSR count). The molecule has 55 heavy (non-hydrogen) atoms. The van der Waals surface area contributed by atoms with Gasteiger partial charge in [0.1, 0.15) is 0 Å². The minimum atomic E-state index is -0.674. The summed E-state index contributed by atoms with van der Waals surface area (Å²) in [6, 6.07) is 10.6. The lowest BCUT2D eigenvalue weighted by Gasteiger charge is -2.30. The Bertz CT molecular complexity index is 2100. The highest BCUT2D eigenvalue weighted by atomic mass is 35.5. The molecule has 0 bridgehead atoms. The molecule has 2 aromatic carbocycles. The van der Waals surface area contributed by atoms with Gasteiger partial charge in [-0.3, -0.25) is 24.2 Å². The van der Waals surface area contributed by atoms with Crippen LogP contribution in [0.3, 0.4) is 0 Å². The lowest BCUT2D eigenvalue weighted by Crippen LogP contribution is -2.36. The number of aliphatic carboxylic acids is 1. The van der Waals surface area contributed by atoms with E-state index >= 15 is 0 Å². The smallest absolute Gasteiger partial charge is 0.306 e. The molecule has 4 aromatic rings. The number of carbonyl (C=O) groups is 3. The maximum absolute atomic E-state index is 13.7. The summed E-state index contributed by atoms with van der Waals surface area (Å²) >= 11 is 13.9. The first kappa shape index (κ1) is 39.0. The molecule has 4 heterocycles. The van der Waals surface area contributed by atoms with E-state index in [0.717, 1.165) is 87.4 Å². The van der Waals surface area contributed by atoms with E-state index in [9.17, 15) is 24.6 Å². The molecule has 0 saturated heterocycles. The van der Waals surface area contributed by atoms with Crippen molar-refractivity contribution in [2.24, 2.45) is 25.9 Å². The zero-order valence-corrected chi connectivity index (χ0v) is 33.0. The van der Waals surface area contributed by atoms with Crippen LogP contribution in [0.4, 0.5) is 11.4 Å². The van der Waals surface area contributed by atoms with E-state index in [4.69, 9.17) is 28.2 Å². The molecule has 1 fully saturated rings. The number of halogens is 2. The third kappa shape index (κ3) is 8.31. The van der Waals surface area contributed by atoms with Crippen LogP contribution in [0.1, 0.15) is 83.0 Å². The third-order valence-electron chi connectivity index (χ3n) is 11.4. The number of anilines is 2. The van der Waals surface area contributed by atoms with Crippen LogP contribution in [-0.2, 0) is 44.8 Å². The van der Waals surface area contributed by atoms with Crippen molar-refractivity contribution in [2.75, 3.05) is 36.8 Å². The maximum Gasteiger partial charge on any atom is 0.306 e. The van der Waals surface area contributed by atoms with Crippen LogP contribution in [0, 0.1) is 11.8 Å². The molecule has 0 radical (unpaired) electrons. The molecule has 0 spiro atoms. The molecule has 1 atom stereocenters. The van der Waals surface area contributed by atoms with Crippen molar-refractivity contribution < 1.29 is 24.6 Å². The van der Waals surface area contributed by atoms with E-state index in [1.807, 2.05) is 29.3 Å². The highest BCUT2D eigenvalue weighted by Crippen LogP contribution is 2.40. The summed E-state index contributed by atoms with van der Waals surface area (Å²) in [5.74, 6) is -0.531. The Morgan fingerprint density at radius 1 is 0.800 bits per heavy atom. The lowest BCUT2D eigenvalue weighted by molar-refractivity contribution is -0.143. The molecule has 4 N–H and O–H groups in total. The van der Waals surface area contributed by atoms with Gasteiger partial charge >= 0.3 is 5.97 Å². The number of hydrogen-bond donors (Lipinski definition) is 4. The van der Waals surface area contributed by atoms with Crippen molar-refractivity contribution >= 4 is 52.4 Å². The molecule has 13 nitrogen and oxygen atoms in total. The van der Waals surface area contributed by atoms with Crippen LogP contribution in [0.15, 0.2) is 36.4 Å². The third-order valence-corrected chi connectivity index (χ3v) is 12.2. The van der Waals surface area contributed by atoms with Gasteiger partial charge in [-0.2, -0.15) is 0 Å². The van der Waals surface area contributed by atoms with E-state index in [1.165, 1.54) is 0 Å². The molecule has 1 saturated carbocycles. The minimum absolute atomic E-state index is 0.201. The monoisotopic (exact) mass is 790 g/mol. The summed E-state index contributed by atoms with van der Waals surface area (Å²) in [6.45, 7) is 6.09. The Labute approximate surface area is 330 Å². The molecule has 2 aromatic heterocycles.